The molecule has 1 N–H and O–H groups in total. The third-order valence-corrected chi connectivity index (χ3v) is 7.47. The molecule has 2 aromatic rings. The number of rotatable bonds is 6. The minimum Gasteiger partial charge on any atom is -0.352 e. The van der Waals surface area contributed by atoms with Crippen LogP contribution in [0.2, 0.25) is 10.0 Å². The van der Waals surface area contributed by atoms with Crippen LogP contribution < -0.4 is 5.32 Å². The average Bonchev–Trinajstić information content (AvgIpc) is 3.00. The Morgan fingerprint density at radius 1 is 0.966 bits per heavy atom. The minimum absolute atomic E-state index is 0.103. The largest absolute Gasteiger partial charge is 0.352 e. The summed E-state index contributed by atoms with van der Waals surface area (Å²) < 4.78 is 27.5. The second-order valence-electron chi connectivity index (χ2n) is 7.09. The van der Waals surface area contributed by atoms with Crippen molar-refractivity contribution in [3.05, 3.63) is 63.6 Å². The van der Waals surface area contributed by atoms with Crippen molar-refractivity contribution in [3.8, 4) is 0 Å². The van der Waals surface area contributed by atoms with Gasteiger partial charge in [0.25, 0.3) is 5.91 Å². The van der Waals surface area contributed by atoms with Crippen LogP contribution in [0.15, 0.2) is 47.4 Å². The highest BCUT2D eigenvalue weighted by atomic mass is 35.5. The molecule has 1 heterocycles. The van der Waals surface area contributed by atoms with Gasteiger partial charge in [0.2, 0.25) is 10.0 Å². The molecule has 0 unspecified atom stereocenters. The molecule has 156 valence electrons. The van der Waals surface area contributed by atoms with Gasteiger partial charge in [0, 0.05) is 24.7 Å². The fourth-order valence-corrected chi connectivity index (χ4v) is 5.21. The van der Waals surface area contributed by atoms with E-state index in [-0.39, 0.29) is 15.5 Å². The number of benzene rings is 2. The van der Waals surface area contributed by atoms with E-state index in [2.05, 4.69) is 5.32 Å². The van der Waals surface area contributed by atoms with Crippen molar-refractivity contribution >= 4 is 39.1 Å². The van der Waals surface area contributed by atoms with Gasteiger partial charge in [0.05, 0.1) is 15.5 Å². The summed E-state index contributed by atoms with van der Waals surface area (Å²) in [6.07, 6.45) is 4.41. The summed E-state index contributed by atoms with van der Waals surface area (Å²) in [5.41, 5.74) is 1.21. The number of amides is 1. The topological polar surface area (TPSA) is 66.5 Å². The Morgan fingerprint density at radius 3 is 2.28 bits per heavy atom. The molecule has 2 aromatic carbocycles. The SMILES string of the molecule is O=C(NCCc1ccc(Cl)cc1)c1cc(S(=O)(=O)N2CCCCCC2)ccc1Cl. The zero-order valence-electron chi connectivity index (χ0n) is 16.0. The molecule has 29 heavy (non-hydrogen) atoms. The monoisotopic (exact) mass is 454 g/mol. The molecule has 1 fully saturated rings. The first-order chi connectivity index (χ1) is 13.9. The maximum absolute atomic E-state index is 13.0. The summed E-state index contributed by atoms with van der Waals surface area (Å²) in [6.45, 7) is 1.42. The van der Waals surface area contributed by atoms with Crippen molar-refractivity contribution in [2.75, 3.05) is 19.6 Å². The Hall–Kier alpha value is -1.60. The quantitative estimate of drug-likeness (QED) is 0.696. The Balaban J connectivity index is 1.70. The lowest BCUT2D eigenvalue weighted by Crippen LogP contribution is -2.32. The van der Waals surface area contributed by atoms with Gasteiger partial charge >= 0.3 is 0 Å². The molecule has 1 amide bonds. The highest BCUT2D eigenvalue weighted by Crippen LogP contribution is 2.25. The molecule has 0 spiro atoms. The van der Waals surface area contributed by atoms with Gasteiger partial charge in [-0.15, -0.1) is 0 Å². The van der Waals surface area contributed by atoms with E-state index in [1.165, 1.54) is 22.5 Å². The van der Waals surface area contributed by atoms with Crippen LogP contribution in [0.3, 0.4) is 0 Å². The van der Waals surface area contributed by atoms with Crippen LogP contribution in [0.25, 0.3) is 0 Å². The van der Waals surface area contributed by atoms with Gasteiger partial charge in [-0.25, -0.2) is 8.42 Å². The number of nitrogens with zero attached hydrogens (tertiary/aromatic N) is 1. The van der Waals surface area contributed by atoms with Crippen molar-refractivity contribution in [1.82, 2.24) is 9.62 Å². The highest BCUT2D eigenvalue weighted by Gasteiger charge is 2.26. The number of hydrogen-bond acceptors (Lipinski definition) is 3. The van der Waals surface area contributed by atoms with Gasteiger partial charge < -0.3 is 5.32 Å². The van der Waals surface area contributed by atoms with Crippen LogP contribution in [-0.2, 0) is 16.4 Å². The van der Waals surface area contributed by atoms with Crippen LogP contribution in [-0.4, -0.2) is 38.3 Å². The lowest BCUT2D eigenvalue weighted by Gasteiger charge is -2.20. The van der Waals surface area contributed by atoms with Crippen molar-refractivity contribution in [2.24, 2.45) is 0 Å². The maximum atomic E-state index is 13.0. The summed E-state index contributed by atoms with van der Waals surface area (Å²) in [5, 5.41) is 3.69. The van der Waals surface area contributed by atoms with Crippen molar-refractivity contribution in [2.45, 2.75) is 37.0 Å². The van der Waals surface area contributed by atoms with E-state index >= 15 is 0 Å². The van der Waals surface area contributed by atoms with E-state index in [0.29, 0.717) is 31.1 Å². The molecule has 0 radical (unpaired) electrons. The summed E-state index contributed by atoms with van der Waals surface area (Å²) in [7, 11) is -3.64. The summed E-state index contributed by atoms with van der Waals surface area (Å²) in [4.78, 5) is 12.7. The van der Waals surface area contributed by atoms with E-state index in [0.717, 1.165) is 31.2 Å². The van der Waals surface area contributed by atoms with Crippen LogP contribution in [0.5, 0.6) is 0 Å². The molecule has 8 heteroatoms. The number of halogens is 2. The summed E-state index contributed by atoms with van der Waals surface area (Å²) in [6, 6.07) is 11.7. The molecule has 1 aliphatic heterocycles. The second kappa shape index (κ2) is 9.94. The zero-order chi connectivity index (χ0) is 20.9. The minimum atomic E-state index is -3.64. The van der Waals surface area contributed by atoms with E-state index in [9.17, 15) is 13.2 Å². The van der Waals surface area contributed by atoms with Crippen LogP contribution in [0, 0.1) is 0 Å². The molecule has 0 bridgehead atoms. The second-order valence-corrected chi connectivity index (χ2v) is 9.87. The normalized spacial score (nSPS) is 15.7. The van der Waals surface area contributed by atoms with Gasteiger partial charge in [-0.2, -0.15) is 4.31 Å². The van der Waals surface area contributed by atoms with Gasteiger partial charge in [0.15, 0.2) is 0 Å². The van der Waals surface area contributed by atoms with Gasteiger partial charge in [-0.1, -0.05) is 48.2 Å². The molecule has 3 rings (SSSR count). The third-order valence-electron chi connectivity index (χ3n) is 5.00. The van der Waals surface area contributed by atoms with Gasteiger partial charge in [-0.3, -0.25) is 4.79 Å². The summed E-state index contributed by atoms with van der Waals surface area (Å²) >= 11 is 12.1. The molecule has 1 saturated heterocycles. The fraction of sp³-hybridized carbons (Fsp3) is 0.381. The Morgan fingerprint density at radius 2 is 1.62 bits per heavy atom. The lowest BCUT2D eigenvalue weighted by molar-refractivity contribution is 0.0954. The molecule has 1 aliphatic rings. The van der Waals surface area contributed by atoms with Crippen molar-refractivity contribution in [1.29, 1.82) is 0 Å². The van der Waals surface area contributed by atoms with Crippen LogP contribution >= 0.6 is 23.2 Å². The predicted octanol–water partition coefficient (Wildman–Crippen LogP) is 4.53. The molecule has 0 saturated carbocycles. The van der Waals surface area contributed by atoms with E-state index < -0.39 is 15.9 Å². The molecule has 5 nitrogen and oxygen atoms in total. The first-order valence-corrected chi connectivity index (χ1v) is 11.9. The number of sulfonamides is 1. The van der Waals surface area contributed by atoms with Crippen molar-refractivity contribution < 1.29 is 13.2 Å². The summed E-state index contributed by atoms with van der Waals surface area (Å²) in [5.74, 6) is -0.392. The molecular formula is C21H24Cl2N2O3S. The van der Waals surface area contributed by atoms with Gasteiger partial charge in [0.1, 0.15) is 0 Å². The number of carbonyl (C=O) groups is 1. The number of carbonyl (C=O) groups excluding carboxylic acids is 1. The standard InChI is InChI=1S/C21H24Cl2N2O3S/c22-17-7-5-16(6-8-17)11-12-24-21(26)19-15-18(9-10-20(19)23)29(27,28)25-13-3-1-2-4-14-25/h5-10,15H,1-4,11-14H2,(H,24,26). The van der Waals surface area contributed by atoms with Crippen LogP contribution in [0.4, 0.5) is 0 Å². The van der Waals surface area contributed by atoms with Crippen molar-refractivity contribution in [3.63, 3.8) is 0 Å². The molecule has 0 atom stereocenters. The third kappa shape index (κ3) is 5.72. The Bertz CT molecular complexity index is 954. The maximum Gasteiger partial charge on any atom is 0.252 e. The first-order valence-electron chi connectivity index (χ1n) is 9.70. The highest BCUT2D eigenvalue weighted by molar-refractivity contribution is 7.89. The van der Waals surface area contributed by atoms with E-state index in [1.54, 1.807) is 12.1 Å². The first kappa shape index (κ1) is 22.1. The Labute approximate surface area is 182 Å². The molecule has 0 aliphatic carbocycles. The van der Waals surface area contributed by atoms with Gasteiger partial charge in [-0.05, 0) is 55.2 Å². The predicted molar refractivity (Wildman–Crippen MR) is 116 cm³/mol. The zero-order valence-corrected chi connectivity index (χ0v) is 18.4. The Kier molecular flexibility index (Phi) is 7.57. The smallest absolute Gasteiger partial charge is 0.252 e. The van der Waals surface area contributed by atoms with E-state index in [4.69, 9.17) is 23.2 Å². The molecular weight excluding hydrogens is 431 g/mol. The molecule has 0 aromatic heterocycles. The van der Waals surface area contributed by atoms with Crippen LogP contribution in [0.1, 0.15) is 41.6 Å². The number of hydrogen-bond donors (Lipinski definition) is 1. The number of nitrogens with one attached hydrogen (secondary N) is 1. The fourth-order valence-electron chi connectivity index (χ4n) is 3.34. The van der Waals surface area contributed by atoms with E-state index in [1.807, 2.05) is 12.1 Å². The lowest BCUT2D eigenvalue weighted by atomic mass is 10.1. The average molecular weight is 455 g/mol.